The predicted molar refractivity (Wildman–Crippen MR) is 112 cm³/mol. The minimum absolute atomic E-state index is 0.158. The zero-order valence-corrected chi connectivity index (χ0v) is 17.0. The van der Waals surface area contributed by atoms with Crippen LogP contribution < -0.4 is 5.32 Å². The van der Waals surface area contributed by atoms with Gasteiger partial charge in [-0.2, -0.15) is 0 Å². The molecule has 1 atom stereocenters. The Bertz CT molecular complexity index is 570. The van der Waals surface area contributed by atoms with Gasteiger partial charge in [0.15, 0.2) is 0 Å². The molecule has 1 aromatic carbocycles. The van der Waals surface area contributed by atoms with Gasteiger partial charge in [-0.25, -0.2) is 0 Å². The van der Waals surface area contributed by atoms with Crippen LogP contribution in [0.15, 0.2) is 41.8 Å². The molecule has 3 heteroatoms. The molecule has 0 saturated carbocycles. The van der Waals surface area contributed by atoms with Crippen LogP contribution in [0.1, 0.15) is 70.9 Å². The molecule has 2 nitrogen and oxygen atoms in total. The molecule has 0 aliphatic carbocycles. The maximum Gasteiger partial charge on any atom is 0.223 e. The molecular formula is C22H33NOS. The summed E-state index contributed by atoms with van der Waals surface area (Å²) in [6.45, 7) is 13.0. The molecule has 0 aromatic heterocycles. The SMILES string of the molecule is C=CSC(=C(C)C)c1ccc(CNC(=O)C(CCC)CCCC)cc1. The second-order valence-electron chi connectivity index (χ2n) is 6.66. The number of benzene rings is 1. The zero-order valence-electron chi connectivity index (χ0n) is 16.2. The molecule has 1 unspecified atom stereocenters. The molecule has 1 amide bonds. The van der Waals surface area contributed by atoms with E-state index in [9.17, 15) is 4.79 Å². The Balaban J connectivity index is 2.67. The number of nitrogens with one attached hydrogen (secondary N) is 1. The van der Waals surface area contributed by atoms with Gasteiger partial charge >= 0.3 is 0 Å². The van der Waals surface area contributed by atoms with E-state index in [1.54, 1.807) is 11.8 Å². The van der Waals surface area contributed by atoms with Crippen molar-refractivity contribution in [3.63, 3.8) is 0 Å². The second-order valence-corrected chi connectivity index (χ2v) is 7.63. The molecule has 25 heavy (non-hydrogen) atoms. The summed E-state index contributed by atoms with van der Waals surface area (Å²) in [5.74, 6) is 0.358. The molecule has 0 heterocycles. The van der Waals surface area contributed by atoms with Crippen LogP contribution in [0.3, 0.4) is 0 Å². The molecule has 0 spiro atoms. The van der Waals surface area contributed by atoms with Crippen LogP contribution in [-0.4, -0.2) is 5.91 Å². The molecular weight excluding hydrogens is 326 g/mol. The van der Waals surface area contributed by atoms with Gasteiger partial charge in [0.25, 0.3) is 0 Å². The summed E-state index contributed by atoms with van der Waals surface area (Å²) in [5.41, 5.74) is 3.62. The van der Waals surface area contributed by atoms with Crippen molar-refractivity contribution in [1.29, 1.82) is 0 Å². The first-order chi connectivity index (χ1) is 12.0. The van der Waals surface area contributed by atoms with Gasteiger partial charge in [0.05, 0.1) is 0 Å². The van der Waals surface area contributed by atoms with Gasteiger partial charge in [0.1, 0.15) is 0 Å². The Morgan fingerprint density at radius 3 is 2.36 bits per heavy atom. The summed E-state index contributed by atoms with van der Waals surface area (Å²) in [6, 6.07) is 8.45. The van der Waals surface area contributed by atoms with Gasteiger partial charge in [-0.3, -0.25) is 4.79 Å². The zero-order chi connectivity index (χ0) is 18.7. The van der Waals surface area contributed by atoms with E-state index < -0.39 is 0 Å². The minimum Gasteiger partial charge on any atom is -0.352 e. The fourth-order valence-electron chi connectivity index (χ4n) is 2.87. The van der Waals surface area contributed by atoms with Gasteiger partial charge in [-0.05, 0) is 43.2 Å². The van der Waals surface area contributed by atoms with Gasteiger partial charge in [0, 0.05) is 17.4 Å². The van der Waals surface area contributed by atoms with Crippen molar-refractivity contribution >= 4 is 22.6 Å². The normalized spacial score (nSPS) is 11.7. The maximum absolute atomic E-state index is 12.4. The summed E-state index contributed by atoms with van der Waals surface area (Å²) in [4.78, 5) is 13.7. The van der Waals surface area contributed by atoms with Crippen LogP contribution in [-0.2, 0) is 11.3 Å². The lowest BCUT2D eigenvalue weighted by molar-refractivity contribution is -0.125. The monoisotopic (exact) mass is 359 g/mol. The molecule has 0 aliphatic heterocycles. The van der Waals surface area contributed by atoms with Crippen molar-refractivity contribution in [2.75, 3.05) is 0 Å². The molecule has 1 N–H and O–H groups in total. The van der Waals surface area contributed by atoms with Crippen LogP contribution in [0.25, 0.3) is 4.91 Å². The molecule has 138 valence electrons. The van der Waals surface area contributed by atoms with Gasteiger partial charge in [-0.15, -0.1) is 0 Å². The maximum atomic E-state index is 12.4. The first kappa shape index (κ1) is 21.6. The van der Waals surface area contributed by atoms with Crippen molar-refractivity contribution in [1.82, 2.24) is 5.32 Å². The average molecular weight is 360 g/mol. The number of unbranched alkanes of at least 4 members (excludes halogenated alkanes) is 1. The van der Waals surface area contributed by atoms with Gasteiger partial charge in [-0.1, -0.05) is 81.3 Å². The minimum atomic E-state index is 0.158. The smallest absolute Gasteiger partial charge is 0.223 e. The topological polar surface area (TPSA) is 29.1 Å². The van der Waals surface area contributed by atoms with Crippen LogP contribution in [0.5, 0.6) is 0 Å². The van der Waals surface area contributed by atoms with E-state index in [0.717, 1.165) is 37.7 Å². The fraction of sp³-hybridized carbons (Fsp3) is 0.500. The molecule has 0 radical (unpaired) electrons. The highest BCUT2D eigenvalue weighted by atomic mass is 32.2. The quantitative estimate of drug-likeness (QED) is 0.486. The van der Waals surface area contributed by atoms with Gasteiger partial charge < -0.3 is 5.32 Å². The van der Waals surface area contributed by atoms with E-state index in [1.165, 1.54) is 16.0 Å². The number of carbonyl (C=O) groups excluding carboxylic acids is 1. The Labute approximate surface area is 158 Å². The number of amides is 1. The highest BCUT2D eigenvalue weighted by Gasteiger charge is 2.16. The van der Waals surface area contributed by atoms with Crippen LogP contribution >= 0.6 is 11.8 Å². The lowest BCUT2D eigenvalue weighted by atomic mass is 9.96. The summed E-state index contributed by atoms with van der Waals surface area (Å²) >= 11 is 1.65. The first-order valence-corrected chi connectivity index (χ1v) is 10.2. The number of rotatable bonds is 11. The van der Waals surface area contributed by atoms with E-state index in [1.807, 2.05) is 5.41 Å². The summed E-state index contributed by atoms with van der Waals surface area (Å²) in [6.07, 6.45) is 5.30. The van der Waals surface area contributed by atoms with Crippen LogP contribution in [0.2, 0.25) is 0 Å². The largest absolute Gasteiger partial charge is 0.352 e. The van der Waals surface area contributed by atoms with E-state index in [-0.39, 0.29) is 11.8 Å². The standard InChI is InChI=1S/C22H33NOS/c1-6-9-11-20(10-7-2)22(24)23-16-18-12-14-19(15-13-18)21(17(4)5)25-8-3/h8,12-15,20H,3,6-7,9-11,16H2,1-2,4-5H3,(H,23,24). The van der Waals surface area contributed by atoms with Crippen LogP contribution in [0, 0.1) is 5.92 Å². The van der Waals surface area contributed by atoms with E-state index in [4.69, 9.17) is 0 Å². The molecule has 0 bridgehead atoms. The molecule has 0 fully saturated rings. The second kappa shape index (κ2) is 12.0. The van der Waals surface area contributed by atoms with E-state index in [0.29, 0.717) is 6.54 Å². The highest BCUT2D eigenvalue weighted by Crippen LogP contribution is 2.31. The van der Waals surface area contributed by atoms with Gasteiger partial charge in [0.2, 0.25) is 5.91 Å². The third-order valence-electron chi connectivity index (χ3n) is 4.25. The predicted octanol–water partition coefficient (Wildman–Crippen LogP) is 6.54. The number of thioether (sulfide) groups is 1. The van der Waals surface area contributed by atoms with Crippen molar-refractivity contribution < 1.29 is 4.79 Å². The first-order valence-electron chi connectivity index (χ1n) is 9.35. The van der Waals surface area contributed by atoms with Crippen LogP contribution in [0.4, 0.5) is 0 Å². The fourth-order valence-corrected chi connectivity index (χ4v) is 3.55. The Morgan fingerprint density at radius 1 is 1.16 bits per heavy atom. The molecule has 0 saturated heterocycles. The van der Waals surface area contributed by atoms with Crippen molar-refractivity contribution in [3.8, 4) is 0 Å². The lowest BCUT2D eigenvalue weighted by Gasteiger charge is -2.16. The third kappa shape index (κ3) is 7.52. The summed E-state index contributed by atoms with van der Waals surface area (Å²) in [7, 11) is 0. The lowest BCUT2D eigenvalue weighted by Crippen LogP contribution is -2.30. The Morgan fingerprint density at radius 2 is 1.84 bits per heavy atom. The number of hydrogen-bond donors (Lipinski definition) is 1. The molecule has 1 aromatic rings. The van der Waals surface area contributed by atoms with E-state index in [2.05, 4.69) is 63.9 Å². The third-order valence-corrected chi connectivity index (χ3v) is 5.30. The van der Waals surface area contributed by atoms with Crippen molar-refractivity contribution in [2.24, 2.45) is 5.92 Å². The molecule has 1 rings (SSSR count). The number of carbonyl (C=O) groups is 1. The van der Waals surface area contributed by atoms with Crippen molar-refractivity contribution in [2.45, 2.75) is 66.3 Å². The van der Waals surface area contributed by atoms with E-state index >= 15 is 0 Å². The summed E-state index contributed by atoms with van der Waals surface area (Å²) in [5, 5.41) is 4.98. The molecule has 0 aliphatic rings. The highest BCUT2D eigenvalue weighted by molar-refractivity contribution is 8.10. The number of hydrogen-bond acceptors (Lipinski definition) is 2. The average Bonchev–Trinajstić information content (AvgIpc) is 2.61. The number of allylic oxidation sites excluding steroid dienone is 1. The Kier molecular flexibility index (Phi) is 10.3. The van der Waals surface area contributed by atoms with Crippen molar-refractivity contribution in [3.05, 3.63) is 53.0 Å². The summed E-state index contributed by atoms with van der Waals surface area (Å²) < 4.78 is 0. The Hall–Kier alpha value is -1.48.